The molecule has 2 aromatic rings. The average molecular weight is 383 g/mol. The number of aromatic nitrogens is 1. The Balaban J connectivity index is 1.89. The summed E-state index contributed by atoms with van der Waals surface area (Å²) in [7, 11) is 0. The van der Waals surface area contributed by atoms with Crippen LogP contribution >= 0.6 is 11.3 Å². The second-order valence-corrected chi connectivity index (χ2v) is 7.82. The summed E-state index contributed by atoms with van der Waals surface area (Å²) in [5, 5.41) is 0. The van der Waals surface area contributed by atoms with Crippen LogP contribution in [0.1, 0.15) is 30.2 Å². The molecule has 1 saturated heterocycles. The predicted molar refractivity (Wildman–Crippen MR) is 94.3 cm³/mol. The fourth-order valence-corrected chi connectivity index (χ4v) is 3.71. The molecule has 1 fully saturated rings. The Hall–Kier alpha value is -2.09. The number of urea groups is 1. The molecule has 2 amide bonds. The van der Waals surface area contributed by atoms with Crippen molar-refractivity contribution in [3.63, 3.8) is 0 Å². The monoisotopic (exact) mass is 383 g/mol. The first-order valence-electron chi connectivity index (χ1n) is 8.44. The molecule has 4 nitrogen and oxygen atoms in total. The first kappa shape index (κ1) is 18.7. The van der Waals surface area contributed by atoms with Gasteiger partial charge < -0.3 is 4.90 Å². The summed E-state index contributed by atoms with van der Waals surface area (Å²) in [4.78, 5) is 19.8. The van der Waals surface area contributed by atoms with E-state index in [1.54, 1.807) is 15.7 Å². The minimum Gasteiger partial charge on any atom is -0.323 e. The highest BCUT2D eigenvalue weighted by molar-refractivity contribution is 7.09. The van der Waals surface area contributed by atoms with E-state index in [9.17, 15) is 18.0 Å². The lowest BCUT2D eigenvalue weighted by atomic mass is 10.00. The highest BCUT2D eigenvalue weighted by atomic mass is 32.1. The van der Waals surface area contributed by atoms with E-state index < -0.39 is 11.7 Å². The van der Waals surface area contributed by atoms with Crippen molar-refractivity contribution in [1.29, 1.82) is 0 Å². The van der Waals surface area contributed by atoms with Crippen molar-refractivity contribution >= 4 is 17.4 Å². The standard InChI is InChI=1S/C18H20F3N3OS/c1-12-7-9-23(10-8-12)16(25)22-17-24(11-13(2)26-17)15-5-3-14(4-6-15)18(19,20)21/h3-6,11-12H,7-10H2,1-2H3. The van der Waals surface area contributed by atoms with Crippen LogP contribution in [0.4, 0.5) is 18.0 Å². The number of thiazole rings is 1. The lowest BCUT2D eigenvalue weighted by molar-refractivity contribution is -0.137. The largest absolute Gasteiger partial charge is 0.416 e. The van der Waals surface area contributed by atoms with Gasteiger partial charge in [0.05, 0.1) is 5.56 Å². The molecule has 1 aromatic carbocycles. The van der Waals surface area contributed by atoms with E-state index in [1.165, 1.54) is 23.5 Å². The third kappa shape index (κ3) is 4.17. The summed E-state index contributed by atoms with van der Waals surface area (Å²) in [5.41, 5.74) is -0.160. The number of hydrogen-bond acceptors (Lipinski definition) is 2. The molecule has 26 heavy (non-hydrogen) atoms. The third-order valence-electron chi connectivity index (χ3n) is 4.49. The van der Waals surface area contributed by atoms with Crippen LogP contribution in [0.15, 0.2) is 35.5 Å². The zero-order valence-electron chi connectivity index (χ0n) is 14.6. The SMILES string of the molecule is Cc1cn(-c2ccc(C(F)(F)F)cc2)c(=NC(=O)N2CCC(C)CC2)s1. The molecule has 1 aliphatic rings. The lowest BCUT2D eigenvalue weighted by Gasteiger charge is -2.28. The second kappa shape index (κ2) is 7.26. The average Bonchev–Trinajstić information content (AvgIpc) is 2.95. The van der Waals surface area contributed by atoms with Gasteiger partial charge in [0, 0.05) is 29.9 Å². The molecule has 1 aliphatic heterocycles. The van der Waals surface area contributed by atoms with Crippen molar-refractivity contribution in [2.24, 2.45) is 10.9 Å². The third-order valence-corrected chi connectivity index (χ3v) is 5.39. The molecule has 140 valence electrons. The number of carbonyl (C=O) groups excluding carboxylic acids is 1. The number of halogens is 3. The zero-order valence-corrected chi connectivity index (χ0v) is 15.4. The molecular weight excluding hydrogens is 363 g/mol. The van der Waals surface area contributed by atoms with Gasteiger partial charge in [0.25, 0.3) is 0 Å². The maximum atomic E-state index is 12.7. The number of alkyl halides is 3. The fraction of sp³-hybridized carbons (Fsp3) is 0.444. The second-order valence-electron chi connectivity index (χ2n) is 6.60. The van der Waals surface area contributed by atoms with Crippen LogP contribution in [0.2, 0.25) is 0 Å². The van der Waals surface area contributed by atoms with Gasteiger partial charge in [-0.1, -0.05) is 6.92 Å². The molecule has 0 saturated carbocycles. The Morgan fingerprint density at radius 2 is 1.81 bits per heavy atom. The lowest BCUT2D eigenvalue weighted by Crippen LogP contribution is -2.37. The van der Waals surface area contributed by atoms with E-state index in [1.807, 2.05) is 6.92 Å². The van der Waals surface area contributed by atoms with E-state index in [0.29, 0.717) is 29.5 Å². The smallest absolute Gasteiger partial charge is 0.323 e. The Labute approximate surface area is 153 Å². The first-order valence-corrected chi connectivity index (χ1v) is 9.26. The number of nitrogens with zero attached hydrogens (tertiary/aromatic N) is 3. The minimum atomic E-state index is -4.37. The Morgan fingerprint density at radius 1 is 1.19 bits per heavy atom. The van der Waals surface area contributed by atoms with Crippen LogP contribution < -0.4 is 4.80 Å². The molecular formula is C18H20F3N3OS. The van der Waals surface area contributed by atoms with Gasteiger partial charge in [0.1, 0.15) is 0 Å². The van der Waals surface area contributed by atoms with Crippen molar-refractivity contribution in [1.82, 2.24) is 9.47 Å². The van der Waals surface area contributed by atoms with Gasteiger partial charge in [-0.05, 0) is 49.9 Å². The predicted octanol–water partition coefficient (Wildman–Crippen LogP) is 4.62. The van der Waals surface area contributed by atoms with Gasteiger partial charge in [-0.25, -0.2) is 4.79 Å². The van der Waals surface area contributed by atoms with Gasteiger partial charge >= 0.3 is 12.2 Å². The van der Waals surface area contributed by atoms with Gasteiger partial charge in [-0.15, -0.1) is 11.3 Å². The molecule has 0 aliphatic carbocycles. The van der Waals surface area contributed by atoms with Gasteiger partial charge in [-0.3, -0.25) is 4.57 Å². The van der Waals surface area contributed by atoms with Crippen LogP contribution in [0.3, 0.4) is 0 Å². The molecule has 0 N–H and O–H groups in total. The van der Waals surface area contributed by atoms with Crippen molar-refractivity contribution in [2.45, 2.75) is 32.9 Å². The normalized spacial score (nSPS) is 17.0. The topological polar surface area (TPSA) is 37.6 Å². The summed E-state index contributed by atoms with van der Waals surface area (Å²) < 4.78 is 39.9. The van der Waals surface area contributed by atoms with Crippen molar-refractivity contribution < 1.29 is 18.0 Å². The summed E-state index contributed by atoms with van der Waals surface area (Å²) in [6, 6.07) is 4.56. The molecule has 3 rings (SSSR count). The van der Waals surface area contributed by atoms with E-state index in [0.717, 1.165) is 29.9 Å². The number of aryl methyl sites for hydroxylation is 1. The van der Waals surface area contributed by atoms with Crippen molar-refractivity contribution in [3.05, 3.63) is 45.7 Å². The molecule has 0 unspecified atom stereocenters. The zero-order chi connectivity index (χ0) is 18.9. The first-order chi connectivity index (χ1) is 12.2. The molecule has 2 heterocycles. The number of piperidine rings is 1. The molecule has 0 atom stereocenters. The van der Waals surface area contributed by atoms with E-state index in [2.05, 4.69) is 11.9 Å². The summed E-state index contributed by atoms with van der Waals surface area (Å²) in [6.45, 7) is 5.42. The van der Waals surface area contributed by atoms with Gasteiger partial charge in [0.2, 0.25) is 0 Å². The van der Waals surface area contributed by atoms with E-state index in [4.69, 9.17) is 0 Å². The molecule has 1 aromatic heterocycles. The van der Waals surface area contributed by atoms with E-state index in [-0.39, 0.29) is 6.03 Å². The van der Waals surface area contributed by atoms with E-state index >= 15 is 0 Å². The highest BCUT2D eigenvalue weighted by Crippen LogP contribution is 2.29. The number of benzene rings is 1. The maximum absolute atomic E-state index is 12.7. The highest BCUT2D eigenvalue weighted by Gasteiger charge is 2.30. The number of likely N-dealkylation sites (tertiary alicyclic amines) is 1. The van der Waals surface area contributed by atoms with Crippen molar-refractivity contribution in [2.75, 3.05) is 13.1 Å². The number of rotatable bonds is 1. The Kier molecular flexibility index (Phi) is 5.22. The number of amides is 2. The molecule has 0 spiro atoms. The molecule has 8 heteroatoms. The molecule has 0 radical (unpaired) electrons. The number of hydrogen-bond donors (Lipinski definition) is 0. The molecule has 0 bridgehead atoms. The maximum Gasteiger partial charge on any atom is 0.416 e. The van der Waals surface area contributed by atoms with Crippen LogP contribution in [-0.4, -0.2) is 28.6 Å². The van der Waals surface area contributed by atoms with Crippen LogP contribution in [0, 0.1) is 12.8 Å². The van der Waals surface area contributed by atoms with Gasteiger partial charge in [0.15, 0.2) is 4.80 Å². The Bertz CT molecular complexity index is 844. The quantitative estimate of drug-likeness (QED) is 0.708. The summed E-state index contributed by atoms with van der Waals surface area (Å²) >= 11 is 1.34. The summed E-state index contributed by atoms with van der Waals surface area (Å²) in [6.07, 6.45) is -0.673. The van der Waals surface area contributed by atoms with Crippen molar-refractivity contribution in [3.8, 4) is 5.69 Å². The van der Waals surface area contributed by atoms with Crippen LogP contribution in [0.5, 0.6) is 0 Å². The van der Waals surface area contributed by atoms with Crippen LogP contribution in [-0.2, 0) is 6.18 Å². The number of carbonyl (C=O) groups is 1. The fourth-order valence-electron chi connectivity index (χ4n) is 2.88. The van der Waals surface area contributed by atoms with Crippen LogP contribution in [0.25, 0.3) is 5.69 Å². The van der Waals surface area contributed by atoms with Gasteiger partial charge in [-0.2, -0.15) is 18.2 Å². The minimum absolute atomic E-state index is 0.292. The Morgan fingerprint density at radius 3 is 2.38 bits per heavy atom. The summed E-state index contributed by atoms with van der Waals surface area (Å²) in [5.74, 6) is 0.611.